The van der Waals surface area contributed by atoms with Crippen molar-refractivity contribution in [2.75, 3.05) is 19.6 Å². The molecule has 1 aliphatic heterocycles. The lowest BCUT2D eigenvalue weighted by Gasteiger charge is -2.13. The Kier molecular flexibility index (Phi) is 7.96. The van der Waals surface area contributed by atoms with Crippen LogP contribution in [0, 0.1) is 5.92 Å². The summed E-state index contributed by atoms with van der Waals surface area (Å²) in [6, 6.07) is 2.01. The van der Waals surface area contributed by atoms with Gasteiger partial charge in [-0.15, -0.1) is 29.9 Å². The van der Waals surface area contributed by atoms with E-state index in [1.807, 2.05) is 0 Å². The highest BCUT2D eigenvalue weighted by atomic mass is 35.5. The van der Waals surface area contributed by atoms with E-state index in [-0.39, 0.29) is 48.8 Å². The molecule has 0 aliphatic carbocycles. The molecule has 2 aromatic rings. The van der Waals surface area contributed by atoms with Gasteiger partial charge in [-0.3, -0.25) is 4.79 Å². The van der Waals surface area contributed by atoms with E-state index >= 15 is 0 Å². The number of halogens is 5. The minimum Gasteiger partial charge on any atom is -0.391 e. The van der Waals surface area contributed by atoms with Crippen molar-refractivity contribution in [2.24, 2.45) is 5.92 Å². The first-order valence-corrected chi connectivity index (χ1v) is 7.47. The van der Waals surface area contributed by atoms with Crippen LogP contribution in [0.2, 0.25) is 0 Å². The van der Waals surface area contributed by atoms with E-state index < -0.39 is 23.8 Å². The average molecular weight is 429 g/mol. The molecule has 0 spiro atoms. The van der Waals surface area contributed by atoms with Gasteiger partial charge in [-0.25, -0.2) is 9.67 Å². The van der Waals surface area contributed by atoms with Crippen molar-refractivity contribution in [3.8, 4) is 5.82 Å². The monoisotopic (exact) mass is 428 g/mol. The third-order valence-electron chi connectivity index (χ3n) is 3.86. The fraction of sp³-hybridized carbons (Fsp3) is 0.429. The maximum Gasteiger partial charge on any atom is 0.417 e. The zero-order chi connectivity index (χ0) is 18.0. The molecule has 1 amide bonds. The highest BCUT2D eigenvalue weighted by molar-refractivity contribution is 5.91. The van der Waals surface area contributed by atoms with Gasteiger partial charge in [-0.2, -0.15) is 13.2 Å². The Morgan fingerprint density at radius 2 is 2.07 bits per heavy atom. The molecule has 1 aliphatic rings. The minimum atomic E-state index is -4.47. The first kappa shape index (κ1) is 23.1. The molecule has 2 unspecified atom stereocenters. The normalized spacial score (nSPS) is 19.1. The Morgan fingerprint density at radius 3 is 2.63 bits per heavy atom. The first-order valence-electron chi connectivity index (χ1n) is 7.47. The Balaban J connectivity index is 0.00000182. The van der Waals surface area contributed by atoms with E-state index in [4.69, 9.17) is 0 Å². The van der Waals surface area contributed by atoms with E-state index in [1.165, 1.54) is 6.20 Å². The van der Waals surface area contributed by atoms with Gasteiger partial charge in [0.25, 0.3) is 5.91 Å². The number of carbonyl (C=O) groups is 1. The largest absolute Gasteiger partial charge is 0.417 e. The summed E-state index contributed by atoms with van der Waals surface area (Å²) in [6.07, 6.45) is -3.04. The van der Waals surface area contributed by atoms with E-state index in [1.54, 1.807) is 0 Å². The predicted octanol–water partition coefficient (Wildman–Crippen LogP) is 0.835. The Labute approximate surface area is 164 Å². The SMILES string of the molecule is Cl.Cl.O=C(NCC1CNCC1O)c1cn(-c2ccc(C(F)(F)F)cn2)nn1. The number of hydrogen-bond acceptors (Lipinski definition) is 6. The van der Waals surface area contributed by atoms with E-state index in [0.717, 1.165) is 16.8 Å². The summed E-state index contributed by atoms with van der Waals surface area (Å²) in [4.78, 5) is 15.7. The predicted molar refractivity (Wildman–Crippen MR) is 93.4 cm³/mol. The summed E-state index contributed by atoms with van der Waals surface area (Å²) < 4.78 is 38.7. The van der Waals surface area contributed by atoms with Crippen LogP contribution in [0.4, 0.5) is 13.2 Å². The number of hydrogen-bond donors (Lipinski definition) is 3. The fourth-order valence-electron chi connectivity index (χ4n) is 2.41. The summed E-state index contributed by atoms with van der Waals surface area (Å²) in [5.41, 5.74) is -0.875. The molecule has 0 bridgehead atoms. The lowest BCUT2D eigenvalue weighted by atomic mass is 10.1. The minimum absolute atomic E-state index is 0. The smallest absolute Gasteiger partial charge is 0.391 e. The quantitative estimate of drug-likeness (QED) is 0.666. The van der Waals surface area contributed by atoms with Crippen LogP contribution in [0.25, 0.3) is 5.82 Å². The molecule has 27 heavy (non-hydrogen) atoms. The number of aliphatic hydroxyl groups excluding tert-OH is 1. The topological polar surface area (TPSA) is 105 Å². The molecule has 0 radical (unpaired) electrons. The molecule has 1 saturated heterocycles. The standard InChI is InChI=1S/C14H15F3N6O2.2ClH/c15-14(16,17)9-1-2-12(19-5-9)23-7-10(21-22-23)13(25)20-4-8-3-18-6-11(8)24;;/h1-2,5,7-8,11,18,24H,3-4,6H2,(H,20,25);2*1H. The molecule has 1 fully saturated rings. The number of rotatable bonds is 4. The van der Waals surface area contributed by atoms with Gasteiger partial charge in [0.05, 0.1) is 17.9 Å². The molecule has 2 aromatic heterocycles. The number of carbonyl (C=O) groups excluding carboxylic acids is 1. The van der Waals surface area contributed by atoms with Gasteiger partial charge >= 0.3 is 6.18 Å². The van der Waals surface area contributed by atoms with Gasteiger partial charge < -0.3 is 15.7 Å². The van der Waals surface area contributed by atoms with Crippen LogP contribution < -0.4 is 10.6 Å². The number of β-amino-alcohol motifs (C(OH)–C–C–N with tert-alkyl or cyclic N) is 1. The number of aromatic nitrogens is 4. The van der Waals surface area contributed by atoms with Gasteiger partial charge in [0.1, 0.15) is 0 Å². The molecule has 0 aromatic carbocycles. The number of amides is 1. The highest BCUT2D eigenvalue weighted by Crippen LogP contribution is 2.28. The van der Waals surface area contributed by atoms with Crippen molar-refractivity contribution < 1.29 is 23.1 Å². The van der Waals surface area contributed by atoms with E-state index in [9.17, 15) is 23.1 Å². The maximum absolute atomic E-state index is 12.5. The molecule has 3 heterocycles. The summed E-state index contributed by atoms with van der Waals surface area (Å²) in [6.45, 7) is 1.36. The van der Waals surface area contributed by atoms with Gasteiger partial charge in [-0.1, -0.05) is 5.21 Å². The second kappa shape index (κ2) is 9.31. The summed E-state index contributed by atoms with van der Waals surface area (Å²) in [5.74, 6) is -0.470. The second-order valence-corrected chi connectivity index (χ2v) is 5.65. The summed E-state index contributed by atoms with van der Waals surface area (Å²) in [7, 11) is 0. The van der Waals surface area contributed by atoms with Gasteiger partial charge in [-0.05, 0) is 12.1 Å². The van der Waals surface area contributed by atoms with Crippen LogP contribution in [0.3, 0.4) is 0 Å². The molecular weight excluding hydrogens is 412 g/mol. The van der Waals surface area contributed by atoms with Gasteiger partial charge in [0.2, 0.25) is 0 Å². The maximum atomic E-state index is 12.5. The highest BCUT2D eigenvalue weighted by Gasteiger charge is 2.31. The molecule has 8 nitrogen and oxygen atoms in total. The third kappa shape index (κ3) is 5.51. The number of aliphatic hydroxyl groups is 1. The lowest BCUT2D eigenvalue weighted by molar-refractivity contribution is -0.137. The number of nitrogens with zero attached hydrogens (tertiary/aromatic N) is 4. The van der Waals surface area contributed by atoms with Crippen LogP contribution in [0.5, 0.6) is 0 Å². The van der Waals surface area contributed by atoms with Crippen molar-refractivity contribution in [3.05, 3.63) is 35.8 Å². The van der Waals surface area contributed by atoms with Gasteiger partial charge in [0.15, 0.2) is 11.5 Å². The van der Waals surface area contributed by atoms with Crippen molar-refractivity contribution in [1.82, 2.24) is 30.6 Å². The van der Waals surface area contributed by atoms with E-state index in [2.05, 4.69) is 25.9 Å². The Hall–Kier alpha value is -1.95. The molecule has 13 heteroatoms. The number of nitrogens with one attached hydrogen (secondary N) is 2. The van der Waals surface area contributed by atoms with Crippen molar-refractivity contribution in [1.29, 1.82) is 0 Å². The average Bonchev–Trinajstić information content (AvgIpc) is 3.21. The molecule has 3 rings (SSSR count). The van der Waals surface area contributed by atoms with Crippen LogP contribution in [-0.4, -0.2) is 56.7 Å². The first-order chi connectivity index (χ1) is 11.8. The zero-order valence-electron chi connectivity index (χ0n) is 13.7. The molecule has 0 saturated carbocycles. The van der Waals surface area contributed by atoms with Crippen molar-refractivity contribution in [2.45, 2.75) is 12.3 Å². The van der Waals surface area contributed by atoms with Gasteiger partial charge in [0, 0.05) is 31.7 Å². The molecular formula is C14H17Cl2F3N6O2. The molecule has 2 atom stereocenters. The van der Waals surface area contributed by atoms with Crippen molar-refractivity contribution >= 4 is 30.7 Å². The Bertz CT molecular complexity index is 756. The Morgan fingerprint density at radius 1 is 1.33 bits per heavy atom. The number of pyridine rings is 1. The van der Waals surface area contributed by atoms with Crippen LogP contribution in [0.15, 0.2) is 24.5 Å². The zero-order valence-corrected chi connectivity index (χ0v) is 15.3. The fourth-order valence-corrected chi connectivity index (χ4v) is 2.41. The second-order valence-electron chi connectivity index (χ2n) is 5.65. The summed E-state index contributed by atoms with van der Waals surface area (Å²) in [5, 5.41) is 22.7. The van der Waals surface area contributed by atoms with E-state index in [0.29, 0.717) is 19.3 Å². The number of alkyl halides is 3. The third-order valence-corrected chi connectivity index (χ3v) is 3.86. The van der Waals surface area contributed by atoms with Crippen LogP contribution in [0.1, 0.15) is 16.1 Å². The lowest BCUT2D eigenvalue weighted by Crippen LogP contribution is -2.34. The molecule has 150 valence electrons. The summed E-state index contributed by atoms with van der Waals surface area (Å²) >= 11 is 0. The van der Waals surface area contributed by atoms with Crippen LogP contribution in [-0.2, 0) is 6.18 Å². The molecule has 3 N–H and O–H groups in total. The van der Waals surface area contributed by atoms with Crippen molar-refractivity contribution in [3.63, 3.8) is 0 Å². The van der Waals surface area contributed by atoms with Crippen LogP contribution >= 0.6 is 24.8 Å².